The molecular formula is C20H17BrIN. The van der Waals surface area contributed by atoms with Gasteiger partial charge in [0.2, 0.25) is 0 Å². The lowest BCUT2D eigenvalue weighted by atomic mass is 10.1. The minimum atomic E-state index is 0.871. The van der Waals surface area contributed by atoms with E-state index in [4.69, 9.17) is 0 Å². The summed E-state index contributed by atoms with van der Waals surface area (Å²) in [5.74, 6) is 0. The fourth-order valence-electron chi connectivity index (χ4n) is 2.54. The van der Waals surface area contributed by atoms with Crippen molar-refractivity contribution in [1.29, 1.82) is 0 Å². The van der Waals surface area contributed by atoms with Crippen LogP contribution in [0.3, 0.4) is 0 Å². The minimum absolute atomic E-state index is 0.871. The van der Waals surface area contributed by atoms with Crippen LogP contribution in [0, 0.1) is 3.57 Å². The summed E-state index contributed by atoms with van der Waals surface area (Å²) in [4.78, 5) is 2.41. The van der Waals surface area contributed by atoms with E-state index in [0.29, 0.717) is 0 Å². The fraction of sp³-hybridized carbons (Fsp3) is 0.100. The Hall–Kier alpha value is -1.33. The molecule has 0 N–H and O–H groups in total. The van der Waals surface area contributed by atoms with Crippen molar-refractivity contribution in [2.75, 3.05) is 4.90 Å². The van der Waals surface area contributed by atoms with E-state index in [-0.39, 0.29) is 0 Å². The zero-order valence-corrected chi connectivity index (χ0v) is 16.4. The second-order valence-corrected chi connectivity index (χ2v) is 7.39. The van der Waals surface area contributed by atoms with E-state index in [1.165, 1.54) is 20.4 Å². The predicted octanol–water partition coefficient (Wildman–Crippen LogP) is 6.26. The van der Waals surface area contributed by atoms with Gasteiger partial charge in [-0.05, 0) is 58.0 Å². The van der Waals surface area contributed by atoms with Crippen LogP contribution < -0.4 is 4.90 Å². The van der Waals surface area contributed by atoms with Crippen LogP contribution in [0.15, 0.2) is 83.3 Å². The van der Waals surface area contributed by atoms with Crippen molar-refractivity contribution < 1.29 is 0 Å². The number of anilines is 1. The summed E-state index contributed by atoms with van der Waals surface area (Å²) < 4.78 is 2.46. The van der Waals surface area contributed by atoms with Crippen LogP contribution in [0.5, 0.6) is 0 Å². The van der Waals surface area contributed by atoms with E-state index in [0.717, 1.165) is 17.6 Å². The maximum atomic E-state index is 3.67. The van der Waals surface area contributed by atoms with Crippen molar-refractivity contribution in [1.82, 2.24) is 0 Å². The fourth-order valence-corrected chi connectivity index (χ4v) is 3.51. The average Bonchev–Trinajstić information content (AvgIpc) is 2.59. The molecule has 3 aromatic carbocycles. The summed E-state index contributed by atoms with van der Waals surface area (Å²) in [5.41, 5.74) is 3.88. The molecule has 0 atom stereocenters. The predicted molar refractivity (Wildman–Crippen MR) is 110 cm³/mol. The molecule has 23 heavy (non-hydrogen) atoms. The number of nitrogens with zero attached hydrogens (tertiary/aromatic N) is 1. The van der Waals surface area contributed by atoms with E-state index < -0.39 is 0 Å². The van der Waals surface area contributed by atoms with Crippen LogP contribution in [0.25, 0.3) is 0 Å². The third-order valence-electron chi connectivity index (χ3n) is 3.76. The lowest BCUT2D eigenvalue weighted by Crippen LogP contribution is -2.22. The monoisotopic (exact) mass is 477 g/mol. The molecule has 0 aromatic heterocycles. The number of rotatable bonds is 5. The van der Waals surface area contributed by atoms with E-state index >= 15 is 0 Å². The molecule has 3 aromatic rings. The van der Waals surface area contributed by atoms with Crippen molar-refractivity contribution in [3.05, 3.63) is 98.0 Å². The maximum Gasteiger partial charge on any atom is 0.0444 e. The highest BCUT2D eigenvalue weighted by atomic mass is 127. The highest BCUT2D eigenvalue weighted by Crippen LogP contribution is 2.25. The van der Waals surface area contributed by atoms with Crippen molar-refractivity contribution in [2.45, 2.75) is 13.1 Å². The smallest absolute Gasteiger partial charge is 0.0444 e. The molecule has 0 bridgehead atoms. The molecule has 0 fully saturated rings. The van der Waals surface area contributed by atoms with Gasteiger partial charge in [0.15, 0.2) is 0 Å². The molecule has 0 amide bonds. The largest absolute Gasteiger partial charge is 0.363 e. The second kappa shape index (κ2) is 7.97. The Balaban J connectivity index is 1.91. The molecule has 0 radical (unpaired) electrons. The van der Waals surface area contributed by atoms with Crippen molar-refractivity contribution in [3.8, 4) is 0 Å². The molecule has 3 heteroatoms. The molecule has 0 heterocycles. The summed E-state index contributed by atoms with van der Waals surface area (Å²) in [6.07, 6.45) is 0. The topological polar surface area (TPSA) is 3.24 Å². The Labute approximate surface area is 159 Å². The summed E-state index contributed by atoms with van der Waals surface area (Å²) in [6.45, 7) is 1.76. The van der Waals surface area contributed by atoms with Crippen LogP contribution in [0.2, 0.25) is 0 Å². The van der Waals surface area contributed by atoms with Gasteiger partial charge in [0.1, 0.15) is 0 Å². The van der Waals surface area contributed by atoms with Gasteiger partial charge in [0.25, 0.3) is 0 Å². The van der Waals surface area contributed by atoms with Gasteiger partial charge in [0.05, 0.1) is 0 Å². The summed E-state index contributed by atoms with van der Waals surface area (Å²) in [6, 6.07) is 27.6. The first kappa shape index (κ1) is 16.5. The van der Waals surface area contributed by atoms with Crippen LogP contribution in [-0.2, 0) is 13.1 Å². The van der Waals surface area contributed by atoms with Crippen molar-refractivity contribution in [3.63, 3.8) is 0 Å². The number of hydrogen-bond acceptors (Lipinski definition) is 1. The first-order valence-electron chi connectivity index (χ1n) is 7.51. The van der Waals surface area contributed by atoms with E-state index in [1.54, 1.807) is 0 Å². The first-order valence-corrected chi connectivity index (χ1v) is 9.38. The molecule has 0 aliphatic rings. The van der Waals surface area contributed by atoms with Gasteiger partial charge in [-0.1, -0.05) is 70.5 Å². The summed E-state index contributed by atoms with van der Waals surface area (Å²) >= 11 is 6.08. The first-order chi connectivity index (χ1) is 11.2. The molecule has 116 valence electrons. The number of para-hydroxylation sites is 1. The quantitative estimate of drug-likeness (QED) is 0.392. The third kappa shape index (κ3) is 4.36. The van der Waals surface area contributed by atoms with Gasteiger partial charge in [-0.3, -0.25) is 0 Å². The normalized spacial score (nSPS) is 10.5. The lowest BCUT2D eigenvalue weighted by Gasteiger charge is -2.26. The SMILES string of the molecule is Brc1ccccc1CN(Cc1ccccc1I)c1ccccc1. The van der Waals surface area contributed by atoms with Gasteiger partial charge in [-0.2, -0.15) is 0 Å². The Kier molecular flexibility index (Phi) is 5.73. The summed E-state index contributed by atoms with van der Waals surface area (Å²) in [5, 5.41) is 0. The molecule has 1 nitrogen and oxygen atoms in total. The highest BCUT2D eigenvalue weighted by molar-refractivity contribution is 14.1. The second-order valence-electron chi connectivity index (χ2n) is 5.37. The lowest BCUT2D eigenvalue weighted by molar-refractivity contribution is 0.795. The maximum absolute atomic E-state index is 3.67. The van der Waals surface area contributed by atoms with Crippen LogP contribution in [0.4, 0.5) is 5.69 Å². The van der Waals surface area contributed by atoms with Crippen LogP contribution >= 0.6 is 38.5 Å². The van der Waals surface area contributed by atoms with Gasteiger partial charge in [0, 0.05) is 26.8 Å². The molecular weight excluding hydrogens is 461 g/mol. The number of benzene rings is 3. The average molecular weight is 478 g/mol. The summed E-state index contributed by atoms with van der Waals surface area (Å²) in [7, 11) is 0. The van der Waals surface area contributed by atoms with Crippen molar-refractivity contribution in [2.24, 2.45) is 0 Å². The molecule has 0 saturated heterocycles. The molecule has 0 spiro atoms. The highest BCUT2D eigenvalue weighted by Gasteiger charge is 2.11. The third-order valence-corrected chi connectivity index (χ3v) is 5.59. The Morgan fingerprint density at radius 3 is 1.96 bits per heavy atom. The van der Waals surface area contributed by atoms with Gasteiger partial charge < -0.3 is 4.90 Å². The van der Waals surface area contributed by atoms with Gasteiger partial charge in [-0.15, -0.1) is 0 Å². The molecule has 0 unspecified atom stereocenters. The molecule has 0 saturated carbocycles. The van der Waals surface area contributed by atoms with Crippen molar-refractivity contribution >= 4 is 44.2 Å². The number of hydrogen-bond donors (Lipinski definition) is 0. The molecule has 0 aliphatic heterocycles. The zero-order chi connectivity index (χ0) is 16.1. The molecule has 3 rings (SSSR count). The van der Waals surface area contributed by atoms with Gasteiger partial charge in [-0.25, -0.2) is 0 Å². The Morgan fingerprint density at radius 1 is 0.696 bits per heavy atom. The standard InChI is InChI=1S/C20H17BrIN/c21-19-12-6-4-8-16(19)14-23(18-10-2-1-3-11-18)15-17-9-5-7-13-20(17)22/h1-13H,14-15H2. The van der Waals surface area contributed by atoms with Crippen LogP contribution in [-0.4, -0.2) is 0 Å². The van der Waals surface area contributed by atoms with Crippen LogP contribution in [0.1, 0.15) is 11.1 Å². The number of halogens is 2. The Bertz CT molecular complexity index is 726. The van der Waals surface area contributed by atoms with E-state index in [1.807, 2.05) is 0 Å². The zero-order valence-electron chi connectivity index (χ0n) is 12.6. The van der Waals surface area contributed by atoms with E-state index in [9.17, 15) is 0 Å². The minimum Gasteiger partial charge on any atom is -0.363 e. The Morgan fingerprint density at radius 2 is 1.26 bits per heavy atom. The van der Waals surface area contributed by atoms with Gasteiger partial charge >= 0.3 is 0 Å². The van der Waals surface area contributed by atoms with E-state index in [2.05, 4.69) is 122 Å². The molecule has 0 aliphatic carbocycles.